The van der Waals surface area contributed by atoms with E-state index in [1.54, 1.807) is 36.0 Å². The Morgan fingerprint density at radius 2 is 1.85 bits per heavy atom. The van der Waals surface area contributed by atoms with Crippen molar-refractivity contribution < 1.29 is 13.2 Å². The van der Waals surface area contributed by atoms with Crippen LogP contribution in [0.3, 0.4) is 0 Å². The van der Waals surface area contributed by atoms with E-state index in [9.17, 15) is 13.2 Å². The number of rotatable bonds is 9. The van der Waals surface area contributed by atoms with Crippen LogP contribution in [-0.2, 0) is 14.8 Å². The van der Waals surface area contributed by atoms with E-state index in [0.717, 1.165) is 24.2 Å². The minimum atomic E-state index is -3.71. The van der Waals surface area contributed by atoms with Gasteiger partial charge in [0.1, 0.15) is 6.04 Å². The molecular formula is C19H30N2O3S2. The van der Waals surface area contributed by atoms with Crippen molar-refractivity contribution in [1.29, 1.82) is 0 Å². The summed E-state index contributed by atoms with van der Waals surface area (Å²) in [5.74, 6) is 1.01. The summed E-state index contributed by atoms with van der Waals surface area (Å²) in [6.45, 7) is 2.55. The van der Waals surface area contributed by atoms with Crippen molar-refractivity contribution in [2.45, 2.75) is 56.4 Å². The molecule has 1 aliphatic rings. The topological polar surface area (TPSA) is 75.3 Å². The zero-order chi connectivity index (χ0) is 19.0. The zero-order valence-corrected chi connectivity index (χ0v) is 17.3. The van der Waals surface area contributed by atoms with Crippen molar-refractivity contribution in [1.82, 2.24) is 10.0 Å². The van der Waals surface area contributed by atoms with Gasteiger partial charge in [0.15, 0.2) is 0 Å². The van der Waals surface area contributed by atoms with Gasteiger partial charge in [0.2, 0.25) is 15.9 Å². The molecule has 1 fully saturated rings. The fourth-order valence-corrected chi connectivity index (χ4v) is 4.91. The first kappa shape index (κ1) is 21.3. The van der Waals surface area contributed by atoms with Gasteiger partial charge in [0, 0.05) is 6.54 Å². The Morgan fingerprint density at radius 1 is 1.19 bits per heavy atom. The normalized spacial score (nSPS) is 17.0. The fourth-order valence-electron chi connectivity index (χ4n) is 3.21. The maximum absolute atomic E-state index is 12.6. The molecule has 26 heavy (non-hydrogen) atoms. The maximum atomic E-state index is 12.6. The lowest BCUT2D eigenvalue weighted by atomic mass is 9.89. The molecule has 0 spiro atoms. The van der Waals surface area contributed by atoms with E-state index in [4.69, 9.17) is 0 Å². The number of sulfonamides is 1. The third kappa shape index (κ3) is 6.59. The Morgan fingerprint density at radius 3 is 2.46 bits per heavy atom. The SMILES string of the molecule is CSCCC(NS(=O)(=O)c1ccc(C)cc1)C(=O)NCC1CCCCC1. The third-order valence-electron chi connectivity index (χ3n) is 4.85. The molecule has 7 heteroatoms. The quantitative estimate of drug-likeness (QED) is 0.670. The summed E-state index contributed by atoms with van der Waals surface area (Å²) in [5, 5.41) is 2.97. The van der Waals surface area contributed by atoms with Gasteiger partial charge in [-0.25, -0.2) is 8.42 Å². The van der Waals surface area contributed by atoms with Gasteiger partial charge in [0.25, 0.3) is 0 Å². The van der Waals surface area contributed by atoms with Crippen molar-refractivity contribution >= 4 is 27.7 Å². The highest BCUT2D eigenvalue weighted by Gasteiger charge is 2.26. The van der Waals surface area contributed by atoms with Gasteiger partial charge >= 0.3 is 0 Å². The first-order valence-corrected chi connectivity index (χ1v) is 12.2. The second kappa shape index (κ2) is 10.3. The Kier molecular flexibility index (Phi) is 8.44. The summed E-state index contributed by atoms with van der Waals surface area (Å²) < 4.78 is 27.9. The van der Waals surface area contributed by atoms with E-state index in [1.165, 1.54) is 19.3 Å². The Balaban J connectivity index is 2.00. The van der Waals surface area contributed by atoms with Gasteiger partial charge in [-0.1, -0.05) is 37.0 Å². The largest absolute Gasteiger partial charge is 0.354 e. The van der Waals surface area contributed by atoms with E-state index in [0.29, 0.717) is 18.9 Å². The maximum Gasteiger partial charge on any atom is 0.241 e. The van der Waals surface area contributed by atoms with Crippen molar-refractivity contribution in [3.8, 4) is 0 Å². The van der Waals surface area contributed by atoms with E-state index in [-0.39, 0.29) is 10.8 Å². The van der Waals surface area contributed by atoms with Crippen LogP contribution in [0.1, 0.15) is 44.1 Å². The average Bonchev–Trinajstić information content (AvgIpc) is 2.64. The average molecular weight is 399 g/mol. The molecule has 0 aliphatic heterocycles. The molecule has 0 heterocycles. The van der Waals surface area contributed by atoms with Gasteiger partial charge in [-0.3, -0.25) is 4.79 Å². The number of hydrogen-bond acceptors (Lipinski definition) is 4. The van der Waals surface area contributed by atoms with Crippen LogP contribution in [-0.4, -0.2) is 38.9 Å². The second-order valence-corrected chi connectivity index (χ2v) is 9.72. The molecule has 2 rings (SSSR count). The van der Waals surface area contributed by atoms with E-state index in [1.807, 2.05) is 13.2 Å². The monoisotopic (exact) mass is 398 g/mol. The van der Waals surface area contributed by atoms with Gasteiger partial charge in [-0.15, -0.1) is 0 Å². The van der Waals surface area contributed by atoms with Crippen LogP contribution >= 0.6 is 11.8 Å². The van der Waals surface area contributed by atoms with E-state index in [2.05, 4.69) is 10.0 Å². The fraction of sp³-hybridized carbons (Fsp3) is 0.632. The molecule has 1 atom stereocenters. The van der Waals surface area contributed by atoms with Crippen molar-refractivity contribution in [2.75, 3.05) is 18.6 Å². The molecule has 146 valence electrons. The highest BCUT2D eigenvalue weighted by atomic mass is 32.2. The molecule has 5 nitrogen and oxygen atoms in total. The zero-order valence-electron chi connectivity index (χ0n) is 15.7. The van der Waals surface area contributed by atoms with Crippen LogP contribution in [0.4, 0.5) is 0 Å². The van der Waals surface area contributed by atoms with Crippen molar-refractivity contribution in [3.05, 3.63) is 29.8 Å². The summed E-state index contributed by atoms with van der Waals surface area (Å²) in [5.41, 5.74) is 0.994. The van der Waals surface area contributed by atoms with Gasteiger partial charge in [-0.2, -0.15) is 16.5 Å². The molecule has 0 aromatic heterocycles. The molecule has 1 unspecified atom stereocenters. The highest BCUT2D eigenvalue weighted by molar-refractivity contribution is 7.98. The van der Waals surface area contributed by atoms with Gasteiger partial charge in [0.05, 0.1) is 4.90 Å². The Labute approximate surface area is 161 Å². The third-order valence-corrected chi connectivity index (χ3v) is 6.98. The number of benzene rings is 1. The first-order valence-electron chi connectivity index (χ1n) is 9.28. The van der Waals surface area contributed by atoms with E-state index < -0.39 is 16.1 Å². The van der Waals surface area contributed by atoms with Crippen LogP contribution in [0.2, 0.25) is 0 Å². The second-order valence-electron chi connectivity index (χ2n) is 7.02. The molecule has 1 saturated carbocycles. The number of nitrogens with one attached hydrogen (secondary N) is 2. The number of amides is 1. The Hall–Kier alpha value is -1.05. The molecule has 0 bridgehead atoms. The van der Waals surface area contributed by atoms with Crippen molar-refractivity contribution in [3.63, 3.8) is 0 Å². The lowest BCUT2D eigenvalue weighted by Crippen LogP contribution is -2.48. The lowest BCUT2D eigenvalue weighted by Gasteiger charge is -2.24. The van der Waals surface area contributed by atoms with Gasteiger partial charge < -0.3 is 5.32 Å². The highest BCUT2D eigenvalue weighted by Crippen LogP contribution is 2.22. The smallest absolute Gasteiger partial charge is 0.241 e. The number of hydrogen-bond donors (Lipinski definition) is 2. The van der Waals surface area contributed by atoms with Crippen molar-refractivity contribution in [2.24, 2.45) is 5.92 Å². The van der Waals surface area contributed by atoms with Crippen LogP contribution in [0, 0.1) is 12.8 Å². The van der Waals surface area contributed by atoms with Crippen LogP contribution < -0.4 is 10.0 Å². The molecule has 0 radical (unpaired) electrons. The minimum absolute atomic E-state index is 0.192. The molecule has 2 N–H and O–H groups in total. The molecule has 1 aromatic carbocycles. The first-order chi connectivity index (χ1) is 12.4. The number of carbonyl (C=O) groups excluding carboxylic acids is 1. The molecule has 1 amide bonds. The summed E-state index contributed by atoms with van der Waals surface area (Å²) in [7, 11) is -3.71. The van der Waals surface area contributed by atoms with E-state index >= 15 is 0 Å². The standard InChI is InChI=1S/C19H30N2O3S2/c1-15-8-10-17(11-9-15)26(23,24)21-18(12-13-25-2)19(22)20-14-16-6-4-3-5-7-16/h8-11,16,18,21H,3-7,12-14H2,1-2H3,(H,20,22). The predicted molar refractivity (Wildman–Crippen MR) is 108 cm³/mol. The van der Waals surface area contributed by atoms with Crippen LogP contribution in [0.15, 0.2) is 29.2 Å². The summed E-state index contributed by atoms with van der Waals surface area (Å²) in [4.78, 5) is 12.8. The summed E-state index contributed by atoms with van der Waals surface area (Å²) in [6.07, 6.45) is 8.42. The predicted octanol–water partition coefficient (Wildman–Crippen LogP) is 3.09. The van der Waals surface area contributed by atoms with Gasteiger partial charge in [-0.05, 0) is 56.2 Å². The number of aryl methyl sites for hydroxylation is 1. The molecule has 1 aromatic rings. The minimum Gasteiger partial charge on any atom is -0.354 e. The van der Waals surface area contributed by atoms with Crippen LogP contribution in [0.5, 0.6) is 0 Å². The lowest BCUT2D eigenvalue weighted by molar-refractivity contribution is -0.123. The van der Waals surface area contributed by atoms with Crippen LogP contribution in [0.25, 0.3) is 0 Å². The number of thioether (sulfide) groups is 1. The molecular weight excluding hydrogens is 368 g/mol. The molecule has 1 aliphatic carbocycles. The summed E-state index contributed by atoms with van der Waals surface area (Å²) >= 11 is 1.60. The summed E-state index contributed by atoms with van der Waals surface area (Å²) in [6, 6.07) is 5.92. The number of carbonyl (C=O) groups is 1. The Bertz CT molecular complexity index is 669. The molecule has 0 saturated heterocycles.